The molecular formula is C25H25N3O2S. The van der Waals surface area contributed by atoms with Gasteiger partial charge < -0.3 is 19.6 Å². The highest BCUT2D eigenvalue weighted by atomic mass is 32.1. The van der Waals surface area contributed by atoms with Gasteiger partial charge in [-0.2, -0.15) is 0 Å². The summed E-state index contributed by atoms with van der Waals surface area (Å²) >= 11 is 5.71. The first-order valence-electron chi connectivity index (χ1n) is 10.3. The number of rotatable bonds is 6. The van der Waals surface area contributed by atoms with E-state index in [0.717, 1.165) is 34.3 Å². The van der Waals surface area contributed by atoms with Gasteiger partial charge in [-0.05, 0) is 72.4 Å². The van der Waals surface area contributed by atoms with E-state index in [1.807, 2.05) is 60.4 Å². The van der Waals surface area contributed by atoms with Crippen LogP contribution in [-0.2, 0) is 19.5 Å². The predicted molar refractivity (Wildman–Crippen MR) is 129 cm³/mol. The summed E-state index contributed by atoms with van der Waals surface area (Å²) in [5.74, 6) is 0.776. The molecule has 4 rings (SSSR count). The third kappa shape index (κ3) is 4.86. The number of para-hydroxylation sites is 1. The summed E-state index contributed by atoms with van der Waals surface area (Å²) in [5.41, 5.74) is 4.62. The second kappa shape index (κ2) is 9.18. The Balaban J connectivity index is 1.61. The molecule has 0 saturated heterocycles. The van der Waals surface area contributed by atoms with E-state index in [1.165, 1.54) is 5.56 Å². The molecule has 6 heteroatoms. The Kier molecular flexibility index (Phi) is 6.18. The highest BCUT2D eigenvalue weighted by molar-refractivity contribution is 7.80. The van der Waals surface area contributed by atoms with Crippen LogP contribution < -0.4 is 10.9 Å². The van der Waals surface area contributed by atoms with E-state index in [4.69, 9.17) is 16.6 Å². The van der Waals surface area contributed by atoms with Crippen LogP contribution in [0.25, 0.3) is 10.9 Å². The maximum atomic E-state index is 12.8. The Hall–Kier alpha value is -3.38. The van der Waals surface area contributed by atoms with Crippen molar-refractivity contribution in [3.8, 4) is 0 Å². The summed E-state index contributed by atoms with van der Waals surface area (Å²) in [6, 6.07) is 19.9. The molecule has 158 valence electrons. The Labute approximate surface area is 186 Å². The molecule has 31 heavy (non-hydrogen) atoms. The van der Waals surface area contributed by atoms with Crippen LogP contribution in [-0.4, -0.2) is 15.0 Å². The molecule has 0 aliphatic carbocycles. The number of H-pyrrole nitrogens is 1. The van der Waals surface area contributed by atoms with Gasteiger partial charge in [0.25, 0.3) is 5.56 Å². The third-order valence-corrected chi connectivity index (χ3v) is 5.71. The summed E-state index contributed by atoms with van der Waals surface area (Å²) in [6.07, 6.45) is 2.62. The van der Waals surface area contributed by atoms with Crippen molar-refractivity contribution in [1.82, 2.24) is 9.88 Å². The number of nitrogens with one attached hydrogen (secondary N) is 2. The number of hydrogen-bond acceptors (Lipinski definition) is 3. The van der Waals surface area contributed by atoms with Crippen LogP contribution >= 0.6 is 12.2 Å². The highest BCUT2D eigenvalue weighted by Crippen LogP contribution is 2.18. The second-order valence-electron chi connectivity index (χ2n) is 7.58. The maximum Gasteiger partial charge on any atom is 0.253 e. The summed E-state index contributed by atoms with van der Waals surface area (Å²) in [5, 5.41) is 4.83. The van der Waals surface area contributed by atoms with E-state index >= 15 is 0 Å². The van der Waals surface area contributed by atoms with Crippen molar-refractivity contribution < 1.29 is 4.42 Å². The number of hydrogen-bond donors (Lipinski definition) is 2. The molecule has 0 saturated carbocycles. The molecule has 0 unspecified atom stereocenters. The molecule has 0 bridgehead atoms. The minimum atomic E-state index is -0.110. The standard InChI is InChI=1S/C25H25N3O2S/c1-3-18-9-11-21(12-10-18)26-25(31)28(16-22-8-5-13-30-22)15-20-14-19-7-4-6-17(2)23(19)27-24(20)29/h4-14H,3,15-16H2,1-2H3,(H,26,31)(H,27,29). The summed E-state index contributed by atoms with van der Waals surface area (Å²) in [7, 11) is 0. The van der Waals surface area contributed by atoms with Crippen molar-refractivity contribution in [3.63, 3.8) is 0 Å². The van der Waals surface area contributed by atoms with Crippen LogP contribution in [0.2, 0.25) is 0 Å². The van der Waals surface area contributed by atoms with Gasteiger partial charge in [0, 0.05) is 11.3 Å². The number of aromatic nitrogens is 1. The second-order valence-corrected chi connectivity index (χ2v) is 7.97. The smallest absolute Gasteiger partial charge is 0.253 e. The number of benzene rings is 2. The fourth-order valence-corrected chi connectivity index (χ4v) is 3.82. The van der Waals surface area contributed by atoms with Gasteiger partial charge >= 0.3 is 0 Å². The molecule has 2 aromatic heterocycles. The average Bonchev–Trinajstić information content (AvgIpc) is 3.28. The molecule has 0 spiro atoms. The lowest BCUT2D eigenvalue weighted by molar-refractivity contribution is 0.359. The summed E-state index contributed by atoms with van der Waals surface area (Å²) in [4.78, 5) is 17.8. The van der Waals surface area contributed by atoms with Crippen molar-refractivity contribution in [2.75, 3.05) is 5.32 Å². The van der Waals surface area contributed by atoms with E-state index in [9.17, 15) is 4.79 Å². The molecule has 0 aliphatic rings. The molecule has 0 atom stereocenters. The molecule has 5 nitrogen and oxygen atoms in total. The van der Waals surface area contributed by atoms with Crippen LogP contribution in [0.15, 0.2) is 76.1 Å². The van der Waals surface area contributed by atoms with E-state index in [1.54, 1.807) is 6.26 Å². The molecular weight excluding hydrogens is 406 g/mol. The van der Waals surface area contributed by atoms with Crippen molar-refractivity contribution in [3.05, 3.63) is 99.7 Å². The van der Waals surface area contributed by atoms with Gasteiger partial charge in [0.05, 0.1) is 24.9 Å². The zero-order valence-electron chi connectivity index (χ0n) is 17.6. The number of nitrogens with zero attached hydrogens (tertiary/aromatic N) is 1. The molecule has 0 fully saturated rings. The quantitative estimate of drug-likeness (QED) is 0.401. The minimum Gasteiger partial charge on any atom is -0.467 e. The monoisotopic (exact) mass is 431 g/mol. The molecule has 2 heterocycles. The lowest BCUT2D eigenvalue weighted by atomic mass is 10.1. The lowest BCUT2D eigenvalue weighted by Gasteiger charge is -2.25. The minimum absolute atomic E-state index is 0.110. The maximum absolute atomic E-state index is 12.8. The zero-order chi connectivity index (χ0) is 21.8. The van der Waals surface area contributed by atoms with E-state index in [-0.39, 0.29) is 5.56 Å². The molecule has 0 radical (unpaired) electrons. The number of aryl methyl sites for hydroxylation is 2. The third-order valence-electron chi connectivity index (χ3n) is 5.35. The molecule has 2 aromatic carbocycles. The van der Waals surface area contributed by atoms with E-state index in [2.05, 4.69) is 29.4 Å². The molecule has 4 aromatic rings. The zero-order valence-corrected chi connectivity index (χ0v) is 18.5. The SMILES string of the molecule is CCc1ccc(NC(=S)N(Cc2ccco2)Cc2cc3cccc(C)c3[nH]c2=O)cc1. The number of pyridine rings is 1. The first kappa shape index (κ1) is 20.9. The Morgan fingerprint density at radius 1 is 1.10 bits per heavy atom. The number of furan rings is 1. The van der Waals surface area contributed by atoms with Gasteiger partial charge in [-0.1, -0.05) is 37.3 Å². The van der Waals surface area contributed by atoms with Gasteiger partial charge in [0.2, 0.25) is 0 Å². The van der Waals surface area contributed by atoms with Gasteiger partial charge in [-0.15, -0.1) is 0 Å². The Morgan fingerprint density at radius 2 is 1.90 bits per heavy atom. The van der Waals surface area contributed by atoms with Gasteiger partial charge in [0.15, 0.2) is 5.11 Å². The fourth-order valence-electron chi connectivity index (χ4n) is 3.57. The van der Waals surface area contributed by atoms with Crippen LogP contribution in [0.4, 0.5) is 5.69 Å². The summed E-state index contributed by atoms with van der Waals surface area (Å²) < 4.78 is 5.53. The van der Waals surface area contributed by atoms with Crippen molar-refractivity contribution in [1.29, 1.82) is 0 Å². The Morgan fingerprint density at radius 3 is 2.61 bits per heavy atom. The van der Waals surface area contributed by atoms with Crippen molar-refractivity contribution in [2.24, 2.45) is 0 Å². The average molecular weight is 432 g/mol. The fraction of sp³-hybridized carbons (Fsp3) is 0.200. The topological polar surface area (TPSA) is 61.3 Å². The molecule has 0 amide bonds. The van der Waals surface area contributed by atoms with Gasteiger partial charge in [-0.25, -0.2) is 0 Å². The van der Waals surface area contributed by atoms with Crippen molar-refractivity contribution in [2.45, 2.75) is 33.4 Å². The number of thiocarbonyl (C=S) groups is 1. The van der Waals surface area contributed by atoms with Crippen LogP contribution in [0.3, 0.4) is 0 Å². The number of aromatic amines is 1. The summed E-state index contributed by atoms with van der Waals surface area (Å²) in [6.45, 7) is 4.93. The van der Waals surface area contributed by atoms with E-state index < -0.39 is 0 Å². The van der Waals surface area contributed by atoms with Crippen molar-refractivity contribution >= 4 is 33.9 Å². The Bertz CT molecular complexity index is 1240. The first-order valence-corrected chi connectivity index (χ1v) is 10.7. The van der Waals surface area contributed by atoms with Gasteiger partial charge in [0.1, 0.15) is 5.76 Å². The number of anilines is 1. The number of fused-ring (bicyclic) bond motifs is 1. The van der Waals surface area contributed by atoms with E-state index in [0.29, 0.717) is 23.8 Å². The highest BCUT2D eigenvalue weighted by Gasteiger charge is 2.16. The molecule has 0 aliphatic heterocycles. The van der Waals surface area contributed by atoms with Gasteiger partial charge in [-0.3, -0.25) is 4.79 Å². The van der Waals surface area contributed by atoms with Crippen LogP contribution in [0.5, 0.6) is 0 Å². The lowest BCUT2D eigenvalue weighted by Crippen LogP contribution is -2.35. The molecule has 2 N–H and O–H groups in total. The normalized spacial score (nSPS) is 10.9. The predicted octanol–water partition coefficient (Wildman–Crippen LogP) is 5.39. The van der Waals surface area contributed by atoms with Crippen LogP contribution in [0.1, 0.15) is 29.4 Å². The first-order chi connectivity index (χ1) is 15.0. The largest absolute Gasteiger partial charge is 0.467 e. The van der Waals surface area contributed by atoms with Crippen LogP contribution in [0, 0.1) is 6.92 Å².